The first-order chi connectivity index (χ1) is 8.04. The molecule has 1 aromatic heterocycles. The second kappa shape index (κ2) is 6.52. The monoisotopic (exact) mass is 347 g/mol. The number of halogens is 1. The Kier molecular flexibility index (Phi) is 5.62. The van der Waals surface area contributed by atoms with Crippen molar-refractivity contribution in [3.8, 4) is 0 Å². The molecule has 4 heteroatoms. The number of rotatable bonds is 5. The standard InChI is InChI=1S/C13H22IN3/c1-6-9(7-2)12-16-11(8(3)4)10(14)13(15-5)17-12/h8-9H,6-7H2,1-5H3,(H,15,16,17). The highest BCUT2D eigenvalue weighted by Crippen LogP contribution is 2.28. The maximum Gasteiger partial charge on any atom is 0.143 e. The summed E-state index contributed by atoms with van der Waals surface area (Å²) in [4.78, 5) is 9.41. The summed E-state index contributed by atoms with van der Waals surface area (Å²) in [7, 11) is 1.92. The molecule has 0 aliphatic heterocycles. The van der Waals surface area contributed by atoms with Crippen LogP contribution < -0.4 is 5.32 Å². The second-order valence-electron chi connectivity index (χ2n) is 4.55. The number of hydrogen-bond donors (Lipinski definition) is 1. The van der Waals surface area contributed by atoms with Gasteiger partial charge in [-0.05, 0) is 41.4 Å². The Hall–Kier alpha value is -0.390. The molecule has 0 atom stereocenters. The van der Waals surface area contributed by atoms with E-state index in [1.807, 2.05) is 7.05 Å². The van der Waals surface area contributed by atoms with Crippen molar-refractivity contribution in [1.82, 2.24) is 9.97 Å². The topological polar surface area (TPSA) is 37.8 Å². The minimum absolute atomic E-state index is 0.435. The molecule has 0 aliphatic rings. The molecule has 3 nitrogen and oxygen atoms in total. The Balaban J connectivity index is 3.28. The largest absolute Gasteiger partial charge is 0.372 e. The predicted octanol–water partition coefficient (Wildman–Crippen LogP) is 4.15. The lowest BCUT2D eigenvalue weighted by Gasteiger charge is -2.17. The lowest BCUT2D eigenvalue weighted by Crippen LogP contribution is -2.11. The van der Waals surface area contributed by atoms with Crippen molar-refractivity contribution in [3.63, 3.8) is 0 Å². The Labute approximate surface area is 118 Å². The molecule has 17 heavy (non-hydrogen) atoms. The average Bonchev–Trinajstić information content (AvgIpc) is 2.31. The van der Waals surface area contributed by atoms with E-state index in [0.29, 0.717) is 11.8 Å². The van der Waals surface area contributed by atoms with Crippen LogP contribution in [0.25, 0.3) is 0 Å². The number of aromatic nitrogens is 2. The summed E-state index contributed by atoms with van der Waals surface area (Å²) in [5.74, 6) is 2.86. The van der Waals surface area contributed by atoms with Crippen LogP contribution in [0.2, 0.25) is 0 Å². The van der Waals surface area contributed by atoms with E-state index in [2.05, 4.69) is 60.6 Å². The van der Waals surface area contributed by atoms with Gasteiger partial charge in [0.1, 0.15) is 11.6 Å². The maximum absolute atomic E-state index is 4.76. The van der Waals surface area contributed by atoms with Crippen LogP contribution in [0.4, 0.5) is 5.82 Å². The summed E-state index contributed by atoms with van der Waals surface area (Å²) < 4.78 is 1.15. The van der Waals surface area contributed by atoms with Crippen molar-refractivity contribution >= 4 is 28.4 Å². The van der Waals surface area contributed by atoms with Crippen LogP contribution in [0.5, 0.6) is 0 Å². The van der Waals surface area contributed by atoms with Gasteiger partial charge in [-0.3, -0.25) is 0 Å². The molecular weight excluding hydrogens is 325 g/mol. The van der Waals surface area contributed by atoms with Crippen molar-refractivity contribution in [2.45, 2.75) is 52.4 Å². The first-order valence-corrected chi connectivity index (χ1v) is 7.37. The molecule has 0 radical (unpaired) electrons. The van der Waals surface area contributed by atoms with Crippen LogP contribution in [0.15, 0.2) is 0 Å². The van der Waals surface area contributed by atoms with Gasteiger partial charge in [-0.25, -0.2) is 9.97 Å². The van der Waals surface area contributed by atoms with E-state index < -0.39 is 0 Å². The van der Waals surface area contributed by atoms with Gasteiger partial charge in [-0.1, -0.05) is 27.7 Å². The van der Waals surface area contributed by atoms with Gasteiger partial charge in [-0.15, -0.1) is 0 Å². The fraction of sp³-hybridized carbons (Fsp3) is 0.692. The van der Waals surface area contributed by atoms with Crippen LogP contribution in [0, 0.1) is 3.57 Å². The summed E-state index contributed by atoms with van der Waals surface area (Å²) in [6, 6.07) is 0. The van der Waals surface area contributed by atoms with Gasteiger partial charge in [0, 0.05) is 13.0 Å². The lowest BCUT2D eigenvalue weighted by molar-refractivity contribution is 0.593. The summed E-state index contributed by atoms with van der Waals surface area (Å²) in [5, 5.41) is 3.18. The molecular formula is C13H22IN3. The van der Waals surface area contributed by atoms with Crippen LogP contribution in [-0.4, -0.2) is 17.0 Å². The van der Waals surface area contributed by atoms with Crippen molar-refractivity contribution in [2.75, 3.05) is 12.4 Å². The molecule has 0 fully saturated rings. The lowest BCUT2D eigenvalue weighted by atomic mass is 10.0. The molecule has 0 aliphatic carbocycles. The third kappa shape index (κ3) is 3.30. The summed E-state index contributed by atoms with van der Waals surface area (Å²) in [5.41, 5.74) is 1.16. The molecule has 0 amide bonds. The van der Waals surface area contributed by atoms with E-state index in [9.17, 15) is 0 Å². The highest BCUT2D eigenvalue weighted by Gasteiger charge is 2.18. The molecule has 0 unspecified atom stereocenters. The third-order valence-electron chi connectivity index (χ3n) is 3.03. The van der Waals surface area contributed by atoms with Crippen molar-refractivity contribution in [1.29, 1.82) is 0 Å². The first kappa shape index (κ1) is 14.7. The zero-order chi connectivity index (χ0) is 13.0. The number of nitrogens with one attached hydrogen (secondary N) is 1. The van der Waals surface area contributed by atoms with Crippen molar-refractivity contribution in [3.05, 3.63) is 15.1 Å². The third-order valence-corrected chi connectivity index (χ3v) is 4.09. The number of nitrogens with zero attached hydrogens (tertiary/aromatic N) is 2. The van der Waals surface area contributed by atoms with E-state index in [-0.39, 0.29) is 0 Å². The highest BCUT2D eigenvalue weighted by molar-refractivity contribution is 14.1. The second-order valence-corrected chi connectivity index (χ2v) is 5.63. The average molecular weight is 347 g/mol. The van der Waals surface area contributed by atoms with Crippen molar-refractivity contribution < 1.29 is 0 Å². The van der Waals surface area contributed by atoms with Crippen LogP contribution >= 0.6 is 22.6 Å². The summed E-state index contributed by atoms with van der Waals surface area (Å²) >= 11 is 2.33. The zero-order valence-electron chi connectivity index (χ0n) is 11.3. The SMILES string of the molecule is CCC(CC)c1nc(NC)c(I)c(C(C)C)n1. The molecule has 0 spiro atoms. The van der Waals surface area contributed by atoms with Gasteiger partial charge in [0.25, 0.3) is 0 Å². The van der Waals surface area contributed by atoms with Gasteiger partial charge in [0.15, 0.2) is 0 Å². The minimum atomic E-state index is 0.435. The quantitative estimate of drug-likeness (QED) is 0.813. The Bertz CT molecular complexity index is 373. The van der Waals surface area contributed by atoms with Gasteiger partial charge >= 0.3 is 0 Å². The van der Waals surface area contributed by atoms with Crippen LogP contribution in [0.3, 0.4) is 0 Å². The van der Waals surface area contributed by atoms with Gasteiger partial charge in [0.05, 0.1) is 9.26 Å². The Morgan fingerprint density at radius 1 is 1.18 bits per heavy atom. The molecule has 1 N–H and O–H groups in total. The van der Waals surface area contributed by atoms with E-state index in [4.69, 9.17) is 4.98 Å². The molecule has 96 valence electrons. The predicted molar refractivity (Wildman–Crippen MR) is 81.7 cm³/mol. The maximum atomic E-state index is 4.76. The number of hydrogen-bond acceptors (Lipinski definition) is 3. The summed E-state index contributed by atoms with van der Waals surface area (Å²) in [6.45, 7) is 8.76. The Morgan fingerprint density at radius 2 is 1.76 bits per heavy atom. The molecule has 0 aromatic carbocycles. The first-order valence-electron chi connectivity index (χ1n) is 6.30. The smallest absolute Gasteiger partial charge is 0.143 e. The summed E-state index contributed by atoms with van der Waals surface area (Å²) in [6.07, 6.45) is 2.19. The van der Waals surface area contributed by atoms with Gasteiger partial charge in [-0.2, -0.15) is 0 Å². The minimum Gasteiger partial charge on any atom is -0.372 e. The zero-order valence-corrected chi connectivity index (χ0v) is 13.5. The molecule has 0 bridgehead atoms. The molecule has 1 rings (SSSR count). The Morgan fingerprint density at radius 3 is 2.18 bits per heavy atom. The number of anilines is 1. The van der Waals surface area contributed by atoms with Crippen molar-refractivity contribution in [2.24, 2.45) is 0 Å². The van der Waals surface area contributed by atoms with Crippen LogP contribution in [0.1, 0.15) is 63.9 Å². The van der Waals surface area contributed by atoms with Gasteiger partial charge in [0.2, 0.25) is 0 Å². The van der Waals surface area contributed by atoms with E-state index in [1.54, 1.807) is 0 Å². The van der Waals surface area contributed by atoms with Gasteiger partial charge < -0.3 is 5.32 Å². The molecule has 0 saturated heterocycles. The molecule has 1 aromatic rings. The molecule has 0 saturated carbocycles. The van der Waals surface area contributed by atoms with Crippen LogP contribution in [-0.2, 0) is 0 Å². The molecule has 1 heterocycles. The van der Waals surface area contributed by atoms with E-state index in [1.165, 1.54) is 0 Å². The highest BCUT2D eigenvalue weighted by atomic mass is 127. The van der Waals surface area contributed by atoms with E-state index in [0.717, 1.165) is 33.7 Å². The fourth-order valence-electron chi connectivity index (χ4n) is 1.87. The fourth-order valence-corrected chi connectivity index (χ4v) is 3.00. The normalized spacial score (nSPS) is 11.3. The van der Waals surface area contributed by atoms with E-state index >= 15 is 0 Å².